The third kappa shape index (κ3) is 2.84. The smallest absolute Gasteiger partial charge is 0.328 e. The molecule has 0 saturated heterocycles. The van der Waals surface area contributed by atoms with Crippen molar-refractivity contribution in [3.8, 4) is 11.5 Å². The summed E-state index contributed by atoms with van der Waals surface area (Å²) in [4.78, 5) is 21.6. The van der Waals surface area contributed by atoms with Gasteiger partial charge < -0.3 is 14.9 Å². The van der Waals surface area contributed by atoms with E-state index in [1.165, 1.54) is 25.3 Å². The average Bonchev–Trinajstić information content (AvgIpc) is 2.26. The van der Waals surface area contributed by atoms with Gasteiger partial charge in [0.05, 0.1) is 7.11 Å². The number of rotatable bonds is 4. The van der Waals surface area contributed by atoms with E-state index < -0.39 is 11.8 Å². The zero-order chi connectivity index (χ0) is 12.1. The lowest BCUT2D eigenvalue weighted by Gasteiger charge is -2.03. The van der Waals surface area contributed by atoms with Crippen molar-refractivity contribution in [3.63, 3.8) is 0 Å². The molecule has 0 saturated carbocycles. The van der Waals surface area contributed by atoms with Crippen molar-refractivity contribution in [1.82, 2.24) is 0 Å². The van der Waals surface area contributed by atoms with Crippen LogP contribution >= 0.6 is 0 Å². The molecule has 0 aliphatic rings. The highest BCUT2D eigenvalue weighted by molar-refractivity contribution is 6.07. The summed E-state index contributed by atoms with van der Waals surface area (Å²) >= 11 is 0. The maximum Gasteiger partial charge on any atom is 0.328 e. The molecule has 5 nitrogen and oxygen atoms in total. The van der Waals surface area contributed by atoms with E-state index in [1.807, 2.05) is 0 Å². The molecule has 1 aromatic carbocycles. The SMILES string of the molecule is COc1cc(C(=O)/C=C/C(=O)O)ccc1O. The Morgan fingerprint density at radius 3 is 2.56 bits per heavy atom. The van der Waals surface area contributed by atoms with Crippen molar-refractivity contribution in [3.05, 3.63) is 35.9 Å². The molecule has 0 aliphatic heterocycles. The van der Waals surface area contributed by atoms with Crippen molar-refractivity contribution in [1.29, 1.82) is 0 Å². The number of carbonyl (C=O) groups excluding carboxylic acids is 1. The number of carboxylic acid groups (broad SMARTS) is 1. The van der Waals surface area contributed by atoms with Crippen LogP contribution in [-0.2, 0) is 4.79 Å². The number of ether oxygens (including phenoxy) is 1. The summed E-state index contributed by atoms with van der Waals surface area (Å²) in [6.07, 6.45) is 1.69. The predicted molar refractivity (Wildman–Crippen MR) is 55.8 cm³/mol. The number of ketones is 1. The summed E-state index contributed by atoms with van der Waals surface area (Å²) in [5.41, 5.74) is 0.243. The molecule has 0 aromatic heterocycles. The minimum atomic E-state index is -1.20. The van der Waals surface area contributed by atoms with Crippen LogP contribution in [0.5, 0.6) is 11.5 Å². The summed E-state index contributed by atoms with van der Waals surface area (Å²) < 4.78 is 4.82. The zero-order valence-electron chi connectivity index (χ0n) is 8.51. The number of hydrogen-bond acceptors (Lipinski definition) is 4. The second-order valence-corrected chi connectivity index (χ2v) is 2.92. The summed E-state index contributed by atoms with van der Waals surface area (Å²) in [5, 5.41) is 17.6. The first-order valence-electron chi connectivity index (χ1n) is 4.37. The molecule has 0 fully saturated rings. The van der Waals surface area contributed by atoms with Crippen LogP contribution in [0, 0.1) is 0 Å². The van der Waals surface area contributed by atoms with Gasteiger partial charge in [0.15, 0.2) is 17.3 Å². The van der Waals surface area contributed by atoms with E-state index in [-0.39, 0.29) is 17.1 Å². The van der Waals surface area contributed by atoms with Gasteiger partial charge in [-0.25, -0.2) is 4.79 Å². The molecule has 0 unspecified atom stereocenters. The molecular weight excluding hydrogens is 212 g/mol. The Morgan fingerprint density at radius 1 is 1.31 bits per heavy atom. The van der Waals surface area contributed by atoms with Gasteiger partial charge >= 0.3 is 5.97 Å². The average molecular weight is 222 g/mol. The Kier molecular flexibility index (Phi) is 3.66. The highest BCUT2D eigenvalue weighted by atomic mass is 16.5. The van der Waals surface area contributed by atoms with Gasteiger partial charge in [-0.3, -0.25) is 4.79 Å². The first kappa shape index (κ1) is 11.8. The minimum Gasteiger partial charge on any atom is -0.504 e. The lowest BCUT2D eigenvalue weighted by Crippen LogP contribution is -1.97. The molecule has 0 spiro atoms. The fraction of sp³-hybridized carbons (Fsp3) is 0.0909. The number of phenols is 1. The molecule has 0 amide bonds. The molecule has 2 N–H and O–H groups in total. The number of aromatic hydroxyl groups is 1. The van der Waals surface area contributed by atoms with Crippen LogP contribution in [-0.4, -0.2) is 29.1 Å². The topological polar surface area (TPSA) is 83.8 Å². The van der Waals surface area contributed by atoms with E-state index in [1.54, 1.807) is 0 Å². The molecule has 0 radical (unpaired) electrons. The number of aliphatic carboxylic acids is 1. The Morgan fingerprint density at radius 2 is 2.00 bits per heavy atom. The Bertz CT molecular complexity index is 448. The predicted octanol–water partition coefficient (Wildman–Crippen LogP) is 1.22. The van der Waals surface area contributed by atoms with Gasteiger partial charge in [0.25, 0.3) is 0 Å². The first-order valence-corrected chi connectivity index (χ1v) is 4.37. The normalized spacial score (nSPS) is 10.3. The maximum absolute atomic E-state index is 11.4. The molecule has 0 heterocycles. The van der Waals surface area contributed by atoms with Crippen molar-refractivity contribution < 1.29 is 24.5 Å². The summed E-state index contributed by atoms with van der Waals surface area (Å²) in [6, 6.07) is 4.02. The lowest BCUT2D eigenvalue weighted by molar-refractivity contribution is -0.131. The van der Waals surface area contributed by atoms with Crippen LogP contribution in [0.2, 0.25) is 0 Å². The number of hydrogen-bond donors (Lipinski definition) is 2. The number of phenolic OH excluding ortho intramolecular Hbond substituents is 1. The molecule has 0 aliphatic carbocycles. The second kappa shape index (κ2) is 4.97. The molecule has 1 aromatic rings. The highest BCUT2D eigenvalue weighted by Crippen LogP contribution is 2.26. The third-order valence-corrected chi connectivity index (χ3v) is 1.84. The van der Waals surface area contributed by atoms with Crippen LogP contribution in [0.1, 0.15) is 10.4 Å². The van der Waals surface area contributed by atoms with Gasteiger partial charge in [0.2, 0.25) is 0 Å². The van der Waals surface area contributed by atoms with Crippen LogP contribution in [0.25, 0.3) is 0 Å². The second-order valence-electron chi connectivity index (χ2n) is 2.92. The van der Waals surface area contributed by atoms with Gasteiger partial charge in [-0.05, 0) is 24.3 Å². The molecule has 1 rings (SSSR count). The van der Waals surface area contributed by atoms with E-state index in [2.05, 4.69) is 0 Å². The van der Waals surface area contributed by atoms with E-state index in [4.69, 9.17) is 9.84 Å². The van der Waals surface area contributed by atoms with Gasteiger partial charge in [0.1, 0.15) is 0 Å². The van der Waals surface area contributed by atoms with E-state index in [9.17, 15) is 14.7 Å². The van der Waals surface area contributed by atoms with Gasteiger partial charge in [-0.1, -0.05) is 0 Å². The van der Waals surface area contributed by atoms with Gasteiger partial charge in [-0.15, -0.1) is 0 Å². The summed E-state index contributed by atoms with van der Waals surface area (Å²) in [6.45, 7) is 0. The number of carbonyl (C=O) groups is 2. The van der Waals surface area contributed by atoms with Crippen molar-refractivity contribution >= 4 is 11.8 Å². The summed E-state index contributed by atoms with van der Waals surface area (Å²) in [7, 11) is 1.36. The van der Waals surface area contributed by atoms with Crippen LogP contribution in [0.15, 0.2) is 30.4 Å². The Balaban J connectivity index is 2.96. The zero-order valence-corrected chi connectivity index (χ0v) is 8.51. The Hall–Kier alpha value is -2.30. The lowest BCUT2D eigenvalue weighted by atomic mass is 10.1. The minimum absolute atomic E-state index is 0.0822. The number of allylic oxidation sites excluding steroid dienone is 1. The molecule has 16 heavy (non-hydrogen) atoms. The van der Waals surface area contributed by atoms with Crippen LogP contribution in [0.4, 0.5) is 0 Å². The van der Waals surface area contributed by atoms with Crippen molar-refractivity contribution in [2.45, 2.75) is 0 Å². The maximum atomic E-state index is 11.4. The highest BCUT2D eigenvalue weighted by Gasteiger charge is 2.07. The van der Waals surface area contributed by atoms with E-state index in [0.717, 1.165) is 12.2 Å². The van der Waals surface area contributed by atoms with Gasteiger partial charge in [0, 0.05) is 11.6 Å². The van der Waals surface area contributed by atoms with Crippen molar-refractivity contribution in [2.75, 3.05) is 7.11 Å². The monoisotopic (exact) mass is 222 g/mol. The molecule has 5 heteroatoms. The fourth-order valence-electron chi connectivity index (χ4n) is 1.07. The quantitative estimate of drug-likeness (QED) is 0.591. The van der Waals surface area contributed by atoms with E-state index in [0.29, 0.717) is 0 Å². The molecule has 84 valence electrons. The van der Waals surface area contributed by atoms with Gasteiger partial charge in [-0.2, -0.15) is 0 Å². The first-order chi connectivity index (χ1) is 7.54. The molecule has 0 bridgehead atoms. The van der Waals surface area contributed by atoms with Crippen molar-refractivity contribution in [2.24, 2.45) is 0 Å². The number of carboxylic acids is 1. The number of methoxy groups -OCH3 is 1. The molecular formula is C11H10O5. The third-order valence-electron chi connectivity index (χ3n) is 1.84. The fourth-order valence-corrected chi connectivity index (χ4v) is 1.07. The molecule has 0 atom stereocenters. The van der Waals surface area contributed by atoms with E-state index >= 15 is 0 Å². The standard InChI is InChI=1S/C11H10O5/c1-16-10-6-7(2-3-9(10)13)8(12)4-5-11(14)15/h2-6,13H,1H3,(H,14,15)/b5-4+. The largest absolute Gasteiger partial charge is 0.504 e. The Labute approximate surface area is 91.6 Å². The number of benzene rings is 1. The summed E-state index contributed by atoms with van der Waals surface area (Å²) in [5.74, 6) is -1.59. The van der Waals surface area contributed by atoms with Crippen LogP contribution in [0.3, 0.4) is 0 Å². The van der Waals surface area contributed by atoms with Crippen LogP contribution < -0.4 is 4.74 Å².